The fraction of sp³-hybridized carbons (Fsp3) is 0.800. The number of hydrogen-bond donors (Lipinski definition) is 0. The van der Waals surface area contributed by atoms with Crippen LogP contribution in [0.3, 0.4) is 0 Å². The summed E-state index contributed by atoms with van der Waals surface area (Å²) in [7, 11) is 1.83. The van der Waals surface area contributed by atoms with Crippen LogP contribution in [0.2, 0.25) is 0 Å². The van der Waals surface area contributed by atoms with E-state index in [0.717, 1.165) is 38.2 Å². The van der Waals surface area contributed by atoms with Crippen LogP contribution in [-0.4, -0.2) is 52.0 Å². The molecule has 1 aromatic rings. The maximum absolute atomic E-state index is 12.6. The molecule has 1 saturated carbocycles. The molecular weight excluding hydrogens is 268 g/mol. The molecule has 1 atom stereocenters. The SMILES string of the molecule is CC[C@H](C(=O)N(C)Cc1noc(C2CC2)n1)N1CCCC1. The molecule has 0 aromatic carbocycles. The Bertz CT molecular complexity index is 492. The molecule has 1 aliphatic heterocycles. The molecule has 2 heterocycles. The Morgan fingerprint density at radius 2 is 2.14 bits per heavy atom. The summed E-state index contributed by atoms with van der Waals surface area (Å²) < 4.78 is 5.25. The van der Waals surface area contributed by atoms with Gasteiger partial charge in [-0.3, -0.25) is 9.69 Å². The average Bonchev–Trinajstić information content (AvgIpc) is 3.00. The number of carbonyl (C=O) groups excluding carboxylic acids is 1. The zero-order valence-electron chi connectivity index (χ0n) is 12.9. The van der Waals surface area contributed by atoms with E-state index in [1.165, 1.54) is 12.8 Å². The highest BCUT2D eigenvalue weighted by atomic mass is 16.5. The highest BCUT2D eigenvalue weighted by molar-refractivity contribution is 5.81. The number of aromatic nitrogens is 2. The lowest BCUT2D eigenvalue weighted by atomic mass is 10.1. The van der Waals surface area contributed by atoms with Gasteiger partial charge in [-0.15, -0.1) is 0 Å². The van der Waals surface area contributed by atoms with Crippen molar-refractivity contribution in [3.63, 3.8) is 0 Å². The lowest BCUT2D eigenvalue weighted by Gasteiger charge is -2.29. The second-order valence-corrected chi connectivity index (χ2v) is 6.18. The lowest BCUT2D eigenvalue weighted by Crippen LogP contribution is -2.45. The molecule has 0 N–H and O–H groups in total. The number of likely N-dealkylation sites (N-methyl/N-ethyl adjacent to an activating group) is 1. The van der Waals surface area contributed by atoms with Crippen molar-refractivity contribution < 1.29 is 9.32 Å². The van der Waals surface area contributed by atoms with E-state index < -0.39 is 0 Å². The second kappa shape index (κ2) is 6.13. The molecule has 1 aromatic heterocycles. The maximum atomic E-state index is 12.6. The predicted octanol–water partition coefficient (Wildman–Crippen LogP) is 1.78. The van der Waals surface area contributed by atoms with Crippen LogP contribution in [0, 0.1) is 0 Å². The highest BCUT2D eigenvalue weighted by Gasteiger charge is 2.31. The van der Waals surface area contributed by atoms with E-state index in [4.69, 9.17) is 4.52 Å². The van der Waals surface area contributed by atoms with Crippen LogP contribution >= 0.6 is 0 Å². The molecule has 6 heteroatoms. The minimum atomic E-state index is -0.00713. The van der Waals surface area contributed by atoms with Crippen LogP contribution in [0.5, 0.6) is 0 Å². The monoisotopic (exact) mass is 292 g/mol. The molecule has 0 radical (unpaired) electrons. The van der Waals surface area contributed by atoms with Gasteiger partial charge in [-0.25, -0.2) is 0 Å². The molecule has 1 aliphatic carbocycles. The smallest absolute Gasteiger partial charge is 0.240 e. The number of nitrogens with zero attached hydrogens (tertiary/aromatic N) is 4. The molecule has 0 spiro atoms. The van der Waals surface area contributed by atoms with E-state index in [-0.39, 0.29) is 11.9 Å². The number of amides is 1. The van der Waals surface area contributed by atoms with Gasteiger partial charge in [0.1, 0.15) is 0 Å². The Balaban J connectivity index is 1.59. The van der Waals surface area contributed by atoms with Crippen LogP contribution in [0.15, 0.2) is 4.52 Å². The summed E-state index contributed by atoms with van der Waals surface area (Å²) in [5.41, 5.74) is 0. The van der Waals surface area contributed by atoms with E-state index >= 15 is 0 Å². The van der Waals surface area contributed by atoms with Gasteiger partial charge in [0.05, 0.1) is 12.6 Å². The third kappa shape index (κ3) is 3.26. The van der Waals surface area contributed by atoms with Gasteiger partial charge < -0.3 is 9.42 Å². The van der Waals surface area contributed by atoms with Gasteiger partial charge in [0, 0.05) is 13.0 Å². The first-order valence-electron chi connectivity index (χ1n) is 8.00. The molecule has 0 bridgehead atoms. The van der Waals surface area contributed by atoms with E-state index in [0.29, 0.717) is 18.3 Å². The molecular formula is C15H24N4O2. The molecule has 1 saturated heterocycles. The van der Waals surface area contributed by atoms with Crippen molar-refractivity contribution in [1.29, 1.82) is 0 Å². The number of rotatable bonds is 6. The quantitative estimate of drug-likeness (QED) is 0.800. The third-order valence-electron chi connectivity index (χ3n) is 4.42. The van der Waals surface area contributed by atoms with Crippen LogP contribution in [0.1, 0.15) is 56.7 Å². The molecule has 2 fully saturated rings. The van der Waals surface area contributed by atoms with Crippen molar-refractivity contribution in [2.45, 2.75) is 57.5 Å². The van der Waals surface area contributed by atoms with Crippen LogP contribution in [-0.2, 0) is 11.3 Å². The molecule has 116 valence electrons. The van der Waals surface area contributed by atoms with Crippen LogP contribution in [0.25, 0.3) is 0 Å². The Morgan fingerprint density at radius 3 is 2.76 bits per heavy atom. The van der Waals surface area contributed by atoms with Gasteiger partial charge in [0.15, 0.2) is 5.82 Å². The molecule has 0 unspecified atom stereocenters. The summed E-state index contributed by atoms with van der Waals surface area (Å²) in [4.78, 5) is 21.0. The van der Waals surface area contributed by atoms with Crippen LogP contribution < -0.4 is 0 Å². The topological polar surface area (TPSA) is 62.5 Å². The first-order valence-corrected chi connectivity index (χ1v) is 8.00. The summed E-state index contributed by atoms with van der Waals surface area (Å²) in [6.45, 7) is 4.58. The Labute approximate surface area is 125 Å². The highest BCUT2D eigenvalue weighted by Crippen LogP contribution is 2.38. The summed E-state index contributed by atoms with van der Waals surface area (Å²) in [6, 6.07) is -0.00713. The third-order valence-corrected chi connectivity index (χ3v) is 4.42. The van der Waals surface area contributed by atoms with Crippen molar-refractivity contribution in [1.82, 2.24) is 19.9 Å². The molecule has 6 nitrogen and oxygen atoms in total. The van der Waals surface area contributed by atoms with Gasteiger partial charge in [0.2, 0.25) is 11.8 Å². The summed E-state index contributed by atoms with van der Waals surface area (Å²) in [6.07, 6.45) is 5.53. The number of hydrogen-bond acceptors (Lipinski definition) is 5. The first kappa shape index (κ1) is 14.5. The predicted molar refractivity (Wildman–Crippen MR) is 77.6 cm³/mol. The van der Waals surface area contributed by atoms with E-state index in [1.54, 1.807) is 4.90 Å². The summed E-state index contributed by atoms with van der Waals surface area (Å²) in [5, 5.41) is 3.99. The van der Waals surface area contributed by atoms with Gasteiger partial charge in [-0.05, 0) is 45.2 Å². The lowest BCUT2D eigenvalue weighted by molar-refractivity contribution is -0.136. The maximum Gasteiger partial charge on any atom is 0.240 e. The van der Waals surface area contributed by atoms with E-state index in [1.807, 2.05) is 7.05 Å². The summed E-state index contributed by atoms with van der Waals surface area (Å²) in [5.74, 6) is 1.97. The largest absolute Gasteiger partial charge is 0.339 e. The van der Waals surface area contributed by atoms with Crippen molar-refractivity contribution >= 4 is 5.91 Å². The zero-order chi connectivity index (χ0) is 14.8. The van der Waals surface area contributed by atoms with Gasteiger partial charge in [0.25, 0.3) is 0 Å². The Morgan fingerprint density at radius 1 is 1.43 bits per heavy atom. The zero-order valence-corrected chi connectivity index (χ0v) is 12.9. The van der Waals surface area contributed by atoms with Crippen molar-refractivity contribution in [2.24, 2.45) is 0 Å². The van der Waals surface area contributed by atoms with Gasteiger partial charge in [-0.2, -0.15) is 4.98 Å². The standard InChI is InChI=1S/C15H24N4O2/c1-3-12(19-8-4-5-9-19)15(20)18(2)10-13-16-14(21-17-13)11-6-7-11/h11-12H,3-10H2,1-2H3/t12-/m1/s1. The van der Waals surface area contributed by atoms with Crippen LogP contribution in [0.4, 0.5) is 0 Å². The van der Waals surface area contributed by atoms with E-state index in [9.17, 15) is 4.79 Å². The van der Waals surface area contributed by atoms with Crippen molar-refractivity contribution in [2.75, 3.05) is 20.1 Å². The Hall–Kier alpha value is -1.43. The number of carbonyl (C=O) groups is 1. The van der Waals surface area contributed by atoms with Gasteiger partial charge in [-0.1, -0.05) is 12.1 Å². The van der Waals surface area contributed by atoms with E-state index in [2.05, 4.69) is 22.0 Å². The fourth-order valence-corrected chi connectivity index (χ4v) is 3.01. The first-order chi connectivity index (χ1) is 10.2. The molecule has 1 amide bonds. The van der Waals surface area contributed by atoms with Crippen molar-refractivity contribution in [3.05, 3.63) is 11.7 Å². The average molecular weight is 292 g/mol. The summed E-state index contributed by atoms with van der Waals surface area (Å²) >= 11 is 0. The molecule has 3 rings (SSSR count). The Kier molecular flexibility index (Phi) is 4.24. The fourth-order valence-electron chi connectivity index (χ4n) is 3.01. The normalized spacial score (nSPS) is 20.7. The minimum absolute atomic E-state index is 0.00713. The minimum Gasteiger partial charge on any atom is -0.339 e. The van der Waals surface area contributed by atoms with Crippen molar-refractivity contribution in [3.8, 4) is 0 Å². The molecule has 21 heavy (non-hydrogen) atoms. The molecule has 2 aliphatic rings. The second-order valence-electron chi connectivity index (χ2n) is 6.18. The number of likely N-dealkylation sites (tertiary alicyclic amines) is 1. The van der Waals surface area contributed by atoms with Gasteiger partial charge >= 0.3 is 0 Å².